The monoisotopic (exact) mass is 391 g/mol. The first kappa shape index (κ1) is 20.6. The zero-order valence-corrected chi connectivity index (χ0v) is 15.8. The van der Waals surface area contributed by atoms with E-state index in [9.17, 15) is 13.6 Å². The first-order valence-corrected chi connectivity index (χ1v) is 8.86. The van der Waals surface area contributed by atoms with Gasteiger partial charge < -0.3 is 9.30 Å². The van der Waals surface area contributed by atoms with E-state index in [2.05, 4.69) is 16.9 Å². The summed E-state index contributed by atoms with van der Waals surface area (Å²) in [6.45, 7) is 5.55. The number of carbonyl (C=O) groups excluding carboxylic acids is 1. The molecule has 1 aromatic heterocycles. The van der Waals surface area contributed by atoms with Crippen LogP contribution in [0.25, 0.3) is 0 Å². The second-order valence-corrected chi connectivity index (χ2v) is 6.51. The fourth-order valence-electron chi connectivity index (χ4n) is 2.34. The van der Waals surface area contributed by atoms with Crippen LogP contribution in [0.2, 0.25) is 0 Å². The van der Waals surface area contributed by atoms with Gasteiger partial charge in [-0.05, 0) is 37.6 Å². The Bertz CT molecular complexity index is 939. The van der Waals surface area contributed by atoms with Gasteiger partial charge in [0.05, 0.1) is 7.11 Å². The number of halogens is 2. The van der Waals surface area contributed by atoms with Crippen molar-refractivity contribution in [1.29, 1.82) is 0 Å². The summed E-state index contributed by atoms with van der Waals surface area (Å²) in [7, 11) is 1.33. The number of methoxy groups -OCH3 is 1. The summed E-state index contributed by atoms with van der Waals surface area (Å²) in [5.41, 5.74) is 1.07. The van der Waals surface area contributed by atoms with Crippen LogP contribution in [0.1, 0.15) is 13.3 Å². The van der Waals surface area contributed by atoms with Gasteiger partial charge in [-0.3, -0.25) is 0 Å². The number of aryl methyl sites for hydroxylation is 1. The number of esters is 1. The lowest BCUT2D eigenvalue weighted by atomic mass is 10.2. The molecule has 0 aliphatic carbocycles. The lowest BCUT2D eigenvalue weighted by molar-refractivity contribution is -0.136. The van der Waals surface area contributed by atoms with Crippen molar-refractivity contribution in [2.45, 2.75) is 29.7 Å². The topological polar surface area (TPSA) is 56.0 Å². The fourth-order valence-corrected chi connectivity index (χ4v) is 3.20. The Morgan fingerprint density at radius 3 is 2.74 bits per heavy atom. The number of hydrogen-bond donors (Lipinski definition) is 0. The van der Waals surface area contributed by atoms with Gasteiger partial charge in [-0.2, -0.15) is 5.10 Å². The van der Waals surface area contributed by atoms with E-state index in [0.717, 1.165) is 22.7 Å². The predicted molar refractivity (Wildman–Crippen MR) is 100 cm³/mol. The third-order valence-corrected chi connectivity index (χ3v) is 4.72. The second-order valence-electron chi connectivity index (χ2n) is 5.39. The van der Waals surface area contributed by atoms with Crippen LogP contribution in [0.4, 0.5) is 8.78 Å². The number of hydrogen-bond acceptors (Lipinski definition) is 5. The first-order valence-electron chi connectivity index (χ1n) is 8.05. The summed E-state index contributed by atoms with van der Waals surface area (Å²) in [6.07, 6.45) is 3.88. The number of ether oxygens (including phenoxy) is 1. The molecule has 8 heteroatoms. The average Bonchev–Trinajstić information content (AvgIpc) is 2.66. The third-order valence-electron chi connectivity index (χ3n) is 3.69. The number of pyridine rings is 1. The maximum atomic E-state index is 13.9. The number of rotatable bonds is 7. The number of allylic oxidation sites excluding steroid dienone is 1. The van der Waals surface area contributed by atoms with Gasteiger partial charge in [0.25, 0.3) is 0 Å². The maximum absolute atomic E-state index is 13.9. The Labute approximate surface area is 160 Å². The van der Waals surface area contributed by atoms with E-state index in [1.807, 2.05) is 0 Å². The van der Waals surface area contributed by atoms with Gasteiger partial charge in [0.2, 0.25) is 0 Å². The van der Waals surface area contributed by atoms with E-state index in [-0.39, 0.29) is 0 Å². The highest BCUT2D eigenvalue weighted by molar-refractivity contribution is 7.99. The molecule has 0 N–H and O–H groups in total. The smallest absolute Gasteiger partial charge is 0.333 e. The highest BCUT2D eigenvalue weighted by Crippen LogP contribution is 2.29. The molecule has 0 atom stereocenters. The molecule has 0 bridgehead atoms. The molecule has 2 aromatic rings. The second kappa shape index (κ2) is 9.82. The van der Waals surface area contributed by atoms with Crippen molar-refractivity contribution in [2.24, 2.45) is 10.2 Å². The molecule has 0 unspecified atom stereocenters. The number of aromatic nitrogens is 1. The quantitative estimate of drug-likeness (QED) is 0.311. The number of benzene rings is 1. The van der Waals surface area contributed by atoms with Crippen LogP contribution in [0.3, 0.4) is 0 Å². The molecule has 2 rings (SSSR count). The molecule has 1 aromatic carbocycles. The van der Waals surface area contributed by atoms with Gasteiger partial charge in [0.1, 0.15) is 11.6 Å². The molecule has 1 heterocycles. The Morgan fingerprint density at radius 1 is 1.33 bits per heavy atom. The van der Waals surface area contributed by atoms with E-state index in [1.54, 1.807) is 35.9 Å². The van der Waals surface area contributed by atoms with Gasteiger partial charge in [-0.1, -0.05) is 17.8 Å². The minimum absolute atomic E-state index is 0.304. The van der Waals surface area contributed by atoms with Crippen LogP contribution in [-0.2, 0) is 16.1 Å². The largest absolute Gasteiger partial charge is 0.466 e. The number of carbonyl (C=O) groups is 1. The van der Waals surface area contributed by atoms with Crippen molar-refractivity contribution in [3.05, 3.63) is 65.3 Å². The van der Waals surface area contributed by atoms with Crippen LogP contribution in [-0.4, -0.2) is 24.4 Å². The van der Waals surface area contributed by atoms with Crippen molar-refractivity contribution in [3.63, 3.8) is 0 Å². The predicted octanol–water partition coefficient (Wildman–Crippen LogP) is 3.94. The van der Waals surface area contributed by atoms with Crippen LogP contribution in [0.5, 0.6) is 0 Å². The molecule has 142 valence electrons. The summed E-state index contributed by atoms with van der Waals surface area (Å²) in [4.78, 5) is 12.7. The fraction of sp³-hybridized carbons (Fsp3) is 0.211. The molecular formula is C19H19F2N3O2S. The van der Waals surface area contributed by atoms with E-state index >= 15 is 0 Å². The molecule has 0 radical (unpaired) electrons. The van der Waals surface area contributed by atoms with Crippen molar-refractivity contribution in [3.8, 4) is 0 Å². The summed E-state index contributed by atoms with van der Waals surface area (Å²) in [5, 5.41) is 7.50. The van der Waals surface area contributed by atoms with E-state index in [0.29, 0.717) is 28.9 Å². The summed E-state index contributed by atoms with van der Waals surface area (Å²) in [6, 6.07) is 6.91. The minimum Gasteiger partial charge on any atom is -0.466 e. The Kier molecular flexibility index (Phi) is 7.48. The van der Waals surface area contributed by atoms with Crippen molar-refractivity contribution >= 4 is 24.4 Å². The standard InChI is InChI=1S/C19H19F2N3O2S/c1-4-13(19(25)26-3)9-10-24-12-15(6-8-18(24)23-22-2)27-17-7-5-14(20)11-16(17)21/h4-8,11-12H,2,9-10H2,1,3H3/b13-4+,23-18-. The van der Waals surface area contributed by atoms with Gasteiger partial charge in [0.15, 0.2) is 5.49 Å². The lowest BCUT2D eigenvalue weighted by Gasteiger charge is -2.11. The van der Waals surface area contributed by atoms with E-state index < -0.39 is 17.6 Å². The van der Waals surface area contributed by atoms with Crippen LogP contribution in [0, 0.1) is 11.6 Å². The molecule has 5 nitrogen and oxygen atoms in total. The minimum atomic E-state index is -0.630. The molecular weight excluding hydrogens is 372 g/mol. The summed E-state index contributed by atoms with van der Waals surface area (Å²) < 4.78 is 33.5. The van der Waals surface area contributed by atoms with Gasteiger partial charge in [-0.15, -0.1) is 5.10 Å². The van der Waals surface area contributed by atoms with Crippen molar-refractivity contribution in [1.82, 2.24) is 4.57 Å². The molecule has 0 aliphatic heterocycles. The zero-order valence-electron chi connectivity index (χ0n) is 15.0. The maximum Gasteiger partial charge on any atom is 0.333 e. The lowest BCUT2D eigenvalue weighted by Crippen LogP contribution is -2.21. The average molecular weight is 391 g/mol. The SMILES string of the molecule is C=N/N=c1/ccc(Sc2ccc(F)cc2F)cn1CC/C(=C\C)C(=O)OC. The molecule has 0 fully saturated rings. The van der Waals surface area contributed by atoms with Gasteiger partial charge in [-0.25, -0.2) is 13.6 Å². The van der Waals surface area contributed by atoms with Crippen LogP contribution < -0.4 is 5.49 Å². The Balaban J connectivity index is 2.29. The molecule has 0 aliphatic rings. The summed E-state index contributed by atoms with van der Waals surface area (Å²) in [5.74, 6) is -1.65. The van der Waals surface area contributed by atoms with Crippen molar-refractivity contribution in [2.75, 3.05) is 7.11 Å². The third kappa shape index (κ3) is 5.62. The van der Waals surface area contributed by atoms with Gasteiger partial charge >= 0.3 is 5.97 Å². The first-order chi connectivity index (χ1) is 13.0. The Hall–Kier alpha value is -2.74. The van der Waals surface area contributed by atoms with Crippen LogP contribution >= 0.6 is 11.8 Å². The van der Waals surface area contributed by atoms with Crippen LogP contribution in [0.15, 0.2) is 68.2 Å². The Morgan fingerprint density at radius 2 is 2.11 bits per heavy atom. The highest BCUT2D eigenvalue weighted by atomic mass is 32.2. The molecule has 0 spiro atoms. The summed E-state index contributed by atoms with van der Waals surface area (Å²) >= 11 is 1.16. The van der Waals surface area contributed by atoms with E-state index in [4.69, 9.17) is 4.74 Å². The number of nitrogens with zero attached hydrogens (tertiary/aromatic N) is 3. The van der Waals surface area contributed by atoms with Crippen molar-refractivity contribution < 1.29 is 18.3 Å². The molecule has 27 heavy (non-hydrogen) atoms. The highest BCUT2D eigenvalue weighted by Gasteiger charge is 2.10. The molecule has 0 amide bonds. The molecule has 0 saturated carbocycles. The normalized spacial score (nSPS) is 12.1. The van der Waals surface area contributed by atoms with Gasteiger partial charge in [0, 0.05) is 40.9 Å². The molecule has 0 saturated heterocycles. The zero-order chi connectivity index (χ0) is 19.8. The van der Waals surface area contributed by atoms with E-state index in [1.165, 1.54) is 19.2 Å².